The molecule has 0 saturated heterocycles. The fraction of sp³-hybridized carbons (Fsp3) is 0.632. The summed E-state index contributed by atoms with van der Waals surface area (Å²) in [4.78, 5) is 81.5. The molecule has 0 radical (unpaired) electrons. The molecule has 0 bridgehead atoms. The molecule has 3 amide bonds. The van der Waals surface area contributed by atoms with Gasteiger partial charge in [-0.2, -0.15) is 0 Å². The third-order valence-corrected chi connectivity index (χ3v) is 4.84. The Morgan fingerprint density at radius 2 is 1.15 bits per heavy atom. The van der Waals surface area contributed by atoms with Gasteiger partial charge in [0.25, 0.3) is 0 Å². The number of carbonyl (C=O) groups excluding carboxylic acids is 3. The van der Waals surface area contributed by atoms with E-state index >= 15 is 0 Å². The number of nitrogens with two attached hydrogens (primary N) is 1. The molecule has 0 aliphatic heterocycles. The molecule has 0 aromatic carbocycles. The number of hydrogen-bond donors (Lipinski definition) is 8. The fourth-order valence-corrected chi connectivity index (χ4v) is 2.62. The van der Waals surface area contributed by atoms with Gasteiger partial charge in [0.05, 0.1) is 18.9 Å². The molecule has 0 rings (SSSR count). The number of rotatable bonds is 16. The molecule has 5 atom stereocenters. The zero-order chi connectivity index (χ0) is 26.6. The molecule has 0 saturated carbocycles. The van der Waals surface area contributed by atoms with E-state index in [0.29, 0.717) is 6.42 Å². The molecular formula is C19H30N4O11. The summed E-state index contributed by atoms with van der Waals surface area (Å²) in [5, 5.41) is 41.9. The standard InChI is InChI=1S/C19H30N4O11/c1-3-8(2)15(20)18(32)21-9(4-5-12(24)25)16(30)22-10(6-13(26)27)17(31)23-11(19(33)34)7-14(28)29/h8-11,15H,3-7,20H2,1-2H3,(H,21,32)(H,22,30)(H,23,31)(H,24,25)(H,26,27)(H,28,29)(H,33,34). The minimum absolute atomic E-state index is 0.282. The summed E-state index contributed by atoms with van der Waals surface area (Å²) in [5.41, 5.74) is 5.81. The van der Waals surface area contributed by atoms with Crippen LogP contribution < -0.4 is 21.7 Å². The first-order chi connectivity index (χ1) is 15.7. The van der Waals surface area contributed by atoms with Crippen LogP contribution in [0.4, 0.5) is 0 Å². The summed E-state index contributed by atoms with van der Waals surface area (Å²) in [6, 6.07) is -6.30. The van der Waals surface area contributed by atoms with E-state index in [1.54, 1.807) is 13.8 Å². The van der Waals surface area contributed by atoms with Crippen molar-refractivity contribution in [2.24, 2.45) is 11.7 Å². The van der Waals surface area contributed by atoms with Crippen molar-refractivity contribution in [3.63, 3.8) is 0 Å². The third-order valence-electron chi connectivity index (χ3n) is 4.84. The van der Waals surface area contributed by atoms with E-state index in [1.165, 1.54) is 0 Å². The molecule has 192 valence electrons. The van der Waals surface area contributed by atoms with Crippen molar-refractivity contribution < 1.29 is 54.0 Å². The largest absolute Gasteiger partial charge is 0.481 e. The van der Waals surface area contributed by atoms with Gasteiger partial charge in [-0.1, -0.05) is 20.3 Å². The summed E-state index contributed by atoms with van der Waals surface area (Å²) in [6.07, 6.45) is -2.48. The maximum Gasteiger partial charge on any atom is 0.326 e. The van der Waals surface area contributed by atoms with Gasteiger partial charge >= 0.3 is 23.9 Å². The average molecular weight is 490 g/mol. The zero-order valence-corrected chi connectivity index (χ0v) is 18.6. The molecule has 5 unspecified atom stereocenters. The molecule has 0 aliphatic rings. The van der Waals surface area contributed by atoms with Crippen molar-refractivity contribution in [2.45, 2.75) is 70.1 Å². The van der Waals surface area contributed by atoms with Crippen molar-refractivity contribution in [3.8, 4) is 0 Å². The van der Waals surface area contributed by atoms with Crippen molar-refractivity contribution in [1.29, 1.82) is 0 Å². The number of carboxylic acid groups (broad SMARTS) is 4. The smallest absolute Gasteiger partial charge is 0.326 e. The van der Waals surface area contributed by atoms with Crippen molar-refractivity contribution in [2.75, 3.05) is 0 Å². The molecule has 0 aromatic rings. The number of aliphatic carboxylic acids is 4. The Kier molecular flexibility index (Phi) is 12.8. The number of hydrogen-bond acceptors (Lipinski definition) is 8. The van der Waals surface area contributed by atoms with Crippen LogP contribution in [0.3, 0.4) is 0 Å². The van der Waals surface area contributed by atoms with E-state index in [4.69, 9.17) is 26.2 Å². The SMILES string of the molecule is CCC(C)C(N)C(=O)NC(CCC(=O)O)C(=O)NC(CC(=O)O)C(=O)NC(CC(=O)O)C(=O)O. The zero-order valence-electron chi connectivity index (χ0n) is 18.6. The lowest BCUT2D eigenvalue weighted by atomic mass is 9.98. The van der Waals surface area contributed by atoms with Crippen LogP contribution in [0.25, 0.3) is 0 Å². The van der Waals surface area contributed by atoms with Crippen LogP contribution in [0.2, 0.25) is 0 Å². The summed E-state index contributed by atoms with van der Waals surface area (Å²) >= 11 is 0. The first-order valence-corrected chi connectivity index (χ1v) is 10.2. The maximum absolute atomic E-state index is 12.7. The van der Waals surface area contributed by atoms with Crippen LogP contribution >= 0.6 is 0 Å². The topological polar surface area (TPSA) is 263 Å². The van der Waals surface area contributed by atoms with Crippen LogP contribution in [-0.2, 0) is 33.6 Å². The predicted molar refractivity (Wildman–Crippen MR) is 112 cm³/mol. The van der Waals surface area contributed by atoms with E-state index in [9.17, 15) is 33.6 Å². The summed E-state index contributed by atoms with van der Waals surface area (Å²) < 4.78 is 0. The van der Waals surface area contributed by atoms with Crippen molar-refractivity contribution in [1.82, 2.24) is 16.0 Å². The lowest BCUT2D eigenvalue weighted by molar-refractivity contribution is -0.148. The first kappa shape index (κ1) is 30.2. The molecule has 0 heterocycles. The van der Waals surface area contributed by atoms with Gasteiger partial charge < -0.3 is 42.1 Å². The summed E-state index contributed by atoms with van der Waals surface area (Å²) in [6.45, 7) is 3.45. The Labute approximate surface area is 194 Å². The van der Waals surface area contributed by atoms with E-state index in [2.05, 4.69) is 5.32 Å². The Balaban J connectivity index is 5.64. The molecule has 15 nitrogen and oxygen atoms in total. The van der Waals surface area contributed by atoms with Crippen molar-refractivity contribution in [3.05, 3.63) is 0 Å². The molecule has 34 heavy (non-hydrogen) atoms. The first-order valence-electron chi connectivity index (χ1n) is 10.2. The molecule has 0 spiro atoms. The average Bonchev–Trinajstić information content (AvgIpc) is 2.73. The van der Waals surface area contributed by atoms with Gasteiger partial charge in [-0.25, -0.2) is 4.79 Å². The van der Waals surface area contributed by atoms with Crippen LogP contribution in [0.1, 0.15) is 46.0 Å². The van der Waals surface area contributed by atoms with Gasteiger partial charge in [-0.05, 0) is 12.3 Å². The van der Waals surface area contributed by atoms with Gasteiger partial charge in [0, 0.05) is 6.42 Å². The second-order valence-electron chi connectivity index (χ2n) is 7.56. The Hall–Kier alpha value is -3.75. The predicted octanol–water partition coefficient (Wildman–Crippen LogP) is -2.29. The monoisotopic (exact) mass is 490 g/mol. The highest BCUT2D eigenvalue weighted by Gasteiger charge is 2.33. The summed E-state index contributed by atoms with van der Waals surface area (Å²) in [7, 11) is 0. The fourth-order valence-electron chi connectivity index (χ4n) is 2.62. The minimum atomic E-state index is -1.91. The maximum atomic E-state index is 12.7. The van der Waals surface area contributed by atoms with Crippen LogP contribution in [-0.4, -0.2) is 86.2 Å². The summed E-state index contributed by atoms with van der Waals surface area (Å²) in [5.74, 6) is -9.59. The van der Waals surface area contributed by atoms with Crippen LogP contribution in [0.15, 0.2) is 0 Å². The van der Waals surface area contributed by atoms with Crippen LogP contribution in [0.5, 0.6) is 0 Å². The van der Waals surface area contributed by atoms with E-state index in [-0.39, 0.29) is 5.92 Å². The number of amides is 3. The third kappa shape index (κ3) is 11.2. The van der Waals surface area contributed by atoms with Gasteiger partial charge in [0.1, 0.15) is 18.1 Å². The molecule has 15 heteroatoms. The molecular weight excluding hydrogens is 460 g/mol. The Morgan fingerprint density at radius 3 is 1.59 bits per heavy atom. The van der Waals surface area contributed by atoms with Gasteiger partial charge in [-0.3, -0.25) is 28.8 Å². The molecule has 0 aromatic heterocycles. The van der Waals surface area contributed by atoms with E-state index in [0.717, 1.165) is 0 Å². The molecule has 9 N–H and O–H groups in total. The van der Waals surface area contributed by atoms with Gasteiger partial charge in [0.2, 0.25) is 17.7 Å². The Bertz CT molecular complexity index is 801. The lowest BCUT2D eigenvalue weighted by Gasteiger charge is -2.25. The molecule has 0 fully saturated rings. The van der Waals surface area contributed by atoms with Gasteiger partial charge in [-0.15, -0.1) is 0 Å². The normalized spacial score (nSPS) is 15.0. The minimum Gasteiger partial charge on any atom is -0.481 e. The number of carboxylic acids is 4. The second-order valence-corrected chi connectivity index (χ2v) is 7.56. The Morgan fingerprint density at radius 1 is 0.706 bits per heavy atom. The number of carbonyl (C=O) groups is 7. The van der Waals surface area contributed by atoms with Gasteiger partial charge in [0.15, 0.2) is 0 Å². The van der Waals surface area contributed by atoms with E-state index in [1.807, 2.05) is 10.6 Å². The highest BCUT2D eigenvalue weighted by molar-refractivity contribution is 5.96. The van der Waals surface area contributed by atoms with Crippen molar-refractivity contribution >= 4 is 41.6 Å². The second kappa shape index (κ2) is 14.4. The lowest BCUT2D eigenvalue weighted by Crippen LogP contribution is -2.58. The number of nitrogens with one attached hydrogen (secondary N) is 3. The van der Waals surface area contributed by atoms with Crippen LogP contribution in [0, 0.1) is 5.92 Å². The quantitative estimate of drug-likeness (QED) is 0.114. The molecule has 0 aliphatic carbocycles. The highest BCUT2D eigenvalue weighted by atomic mass is 16.4. The highest BCUT2D eigenvalue weighted by Crippen LogP contribution is 2.08. The van der Waals surface area contributed by atoms with E-state index < -0.39 is 91.4 Å².